The molecule has 1 heterocycles. The van der Waals surface area contributed by atoms with E-state index in [0.717, 1.165) is 11.1 Å². The molecule has 0 atom stereocenters. The number of ether oxygens (including phenoxy) is 1. The summed E-state index contributed by atoms with van der Waals surface area (Å²) in [4.78, 5) is 24.1. The fraction of sp³-hybridized carbons (Fsp3) is 0.333. The third-order valence-electron chi connectivity index (χ3n) is 3.32. The average molecular weight is 319 g/mol. The fourth-order valence-corrected chi connectivity index (χ4v) is 2.31. The van der Waals surface area contributed by atoms with Gasteiger partial charge < -0.3 is 4.74 Å². The van der Waals surface area contributed by atoms with Crippen molar-refractivity contribution in [3.05, 3.63) is 50.9 Å². The number of benzene rings is 1. The van der Waals surface area contributed by atoms with Gasteiger partial charge in [-0.1, -0.05) is 17.8 Å². The van der Waals surface area contributed by atoms with E-state index in [-0.39, 0.29) is 18.0 Å². The van der Waals surface area contributed by atoms with Crippen LogP contribution < -0.4 is 5.56 Å². The van der Waals surface area contributed by atoms with E-state index in [9.17, 15) is 9.59 Å². The fourth-order valence-electron chi connectivity index (χ4n) is 1.84. The number of carbonyl (C=O) groups is 1. The van der Waals surface area contributed by atoms with E-state index in [2.05, 4.69) is 10.2 Å². The van der Waals surface area contributed by atoms with E-state index in [1.807, 2.05) is 19.9 Å². The van der Waals surface area contributed by atoms with Crippen LogP contribution in [0.25, 0.3) is 0 Å². The Morgan fingerprint density at radius 1 is 1.23 bits per heavy atom. The van der Waals surface area contributed by atoms with Gasteiger partial charge in [-0.25, -0.2) is 9.36 Å². The summed E-state index contributed by atoms with van der Waals surface area (Å²) in [5.74, 6) is -0.475. The van der Waals surface area contributed by atoms with Gasteiger partial charge in [0, 0.05) is 0 Å². The van der Waals surface area contributed by atoms with Gasteiger partial charge in [0.05, 0.1) is 5.56 Å². The molecule has 0 amide bonds. The van der Waals surface area contributed by atoms with Gasteiger partial charge in [-0.05, 0) is 50.3 Å². The molecule has 0 aliphatic rings. The Morgan fingerprint density at radius 2 is 1.95 bits per heavy atom. The molecule has 22 heavy (non-hydrogen) atoms. The van der Waals surface area contributed by atoms with Gasteiger partial charge in [0.2, 0.25) is 0 Å². The highest BCUT2D eigenvalue weighted by atomic mass is 32.2. The number of carbonyl (C=O) groups excluding carboxylic acids is 1. The lowest BCUT2D eigenvalue weighted by atomic mass is 10.1. The summed E-state index contributed by atoms with van der Waals surface area (Å²) in [6.45, 7) is 5.29. The maximum Gasteiger partial charge on any atom is 0.339 e. The van der Waals surface area contributed by atoms with Crippen LogP contribution in [0.15, 0.2) is 28.2 Å². The smallest absolute Gasteiger partial charge is 0.339 e. The molecule has 0 spiro atoms. The van der Waals surface area contributed by atoms with Gasteiger partial charge in [0.15, 0.2) is 11.9 Å². The summed E-state index contributed by atoms with van der Waals surface area (Å²) in [6, 6.07) is 5.34. The van der Waals surface area contributed by atoms with Crippen LogP contribution in [0.2, 0.25) is 0 Å². The summed E-state index contributed by atoms with van der Waals surface area (Å²) in [5, 5.41) is 8.10. The Morgan fingerprint density at radius 3 is 2.59 bits per heavy atom. The van der Waals surface area contributed by atoms with Crippen LogP contribution in [0.5, 0.6) is 0 Å². The first-order valence-corrected chi connectivity index (χ1v) is 7.89. The summed E-state index contributed by atoms with van der Waals surface area (Å²) in [7, 11) is 0. The van der Waals surface area contributed by atoms with Gasteiger partial charge >= 0.3 is 5.97 Å². The molecule has 0 N–H and O–H groups in total. The molecule has 0 aliphatic heterocycles. The standard InChI is InChI=1S/C15H17N3O3S/c1-9-5-6-12(7-10(9)2)14(20)21-8-18-13(19)11(3)16-17-15(18)22-4/h5-7H,8H2,1-4H3. The summed E-state index contributed by atoms with van der Waals surface area (Å²) in [6.07, 6.45) is 1.78. The van der Waals surface area contributed by atoms with Crippen molar-refractivity contribution in [1.82, 2.24) is 14.8 Å². The molecule has 0 fully saturated rings. The molecule has 0 saturated heterocycles. The highest BCUT2D eigenvalue weighted by molar-refractivity contribution is 7.98. The van der Waals surface area contributed by atoms with E-state index in [4.69, 9.17) is 4.74 Å². The predicted octanol–water partition coefficient (Wildman–Crippen LogP) is 2.10. The molecule has 0 saturated carbocycles. The molecular formula is C15H17N3O3S. The third kappa shape index (κ3) is 3.36. The molecule has 0 aliphatic carbocycles. The van der Waals surface area contributed by atoms with Crippen molar-refractivity contribution in [1.29, 1.82) is 0 Å². The number of hydrogen-bond donors (Lipinski definition) is 0. The van der Waals surface area contributed by atoms with Crippen LogP contribution in [0.1, 0.15) is 27.2 Å². The molecule has 2 rings (SSSR count). The monoisotopic (exact) mass is 319 g/mol. The van der Waals surface area contributed by atoms with Crippen molar-refractivity contribution in [3.8, 4) is 0 Å². The number of rotatable bonds is 4. The zero-order chi connectivity index (χ0) is 16.3. The summed E-state index contributed by atoms with van der Waals surface area (Å²) >= 11 is 1.27. The largest absolute Gasteiger partial charge is 0.440 e. The molecule has 2 aromatic rings. The van der Waals surface area contributed by atoms with Crippen molar-refractivity contribution >= 4 is 17.7 Å². The molecule has 116 valence electrons. The van der Waals surface area contributed by atoms with Crippen LogP contribution in [-0.2, 0) is 11.5 Å². The van der Waals surface area contributed by atoms with Gasteiger partial charge in [0.25, 0.3) is 5.56 Å². The maximum absolute atomic E-state index is 12.1. The van der Waals surface area contributed by atoms with Crippen LogP contribution in [-0.4, -0.2) is 27.0 Å². The highest BCUT2D eigenvalue weighted by Gasteiger charge is 2.12. The minimum Gasteiger partial charge on any atom is -0.440 e. The third-order valence-corrected chi connectivity index (χ3v) is 3.99. The minimum absolute atomic E-state index is 0.183. The van der Waals surface area contributed by atoms with E-state index < -0.39 is 5.97 Å². The number of nitrogens with zero attached hydrogens (tertiary/aromatic N) is 3. The van der Waals surface area contributed by atoms with Crippen LogP contribution >= 0.6 is 11.8 Å². The Hall–Kier alpha value is -2.15. The summed E-state index contributed by atoms with van der Waals surface area (Å²) in [5.41, 5.74) is 2.53. The van der Waals surface area contributed by atoms with E-state index in [0.29, 0.717) is 10.7 Å². The van der Waals surface area contributed by atoms with E-state index >= 15 is 0 Å². The topological polar surface area (TPSA) is 74.1 Å². The first-order valence-electron chi connectivity index (χ1n) is 6.66. The zero-order valence-corrected chi connectivity index (χ0v) is 13.7. The Balaban J connectivity index is 2.19. The van der Waals surface area contributed by atoms with Crippen LogP contribution in [0, 0.1) is 20.8 Å². The Kier molecular flexibility index (Phi) is 4.97. The second-order valence-corrected chi connectivity index (χ2v) is 5.64. The molecule has 1 aromatic heterocycles. The molecule has 0 radical (unpaired) electrons. The lowest BCUT2D eigenvalue weighted by Gasteiger charge is -2.11. The lowest BCUT2D eigenvalue weighted by molar-refractivity contribution is 0.0344. The number of aryl methyl sites for hydroxylation is 3. The van der Waals surface area contributed by atoms with Crippen molar-refractivity contribution in [2.24, 2.45) is 0 Å². The quantitative estimate of drug-likeness (QED) is 0.634. The molecule has 7 heteroatoms. The van der Waals surface area contributed by atoms with Gasteiger partial charge in [0.1, 0.15) is 5.69 Å². The minimum atomic E-state index is -0.475. The first-order chi connectivity index (χ1) is 10.4. The van der Waals surface area contributed by atoms with Gasteiger partial charge in [-0.3, -0.25) is 4.79 Å². The second-order valence-electron chi connectivity index (χ2n) is 4.87. The maximum atomic E-state index is 12.1. The normalized spacial score (nSPS) is 10.5. The molecule has 6 nitrogen and oxygen atoms in total. The lowest BCUT2D eigenvalue weighted by Crippen LogP contribution is -2.28. The van der Waals surface area contributed by atoms with Gasteiger partial charge in [-0.2, -0.15) is 0 Å². The Bertz CT molecular complexity index is 771. The predicted molar refractivity (Wildman–Crippen MR) is 84.1 cm³/mol. The van der Waals surface area contributed by atoms with Crippen LogP contribution in [0.3, 0.4) is 0 Å². The molecule has 0 unspecified atom stereocenters. The Labute approximate surface area is 132 Å². The van der Waals surface area contributed by atoms with Crippen molar-refractivity contribution in [2.45, 2.75) is 32.7 Å². The second kappa shape index (κ2) is 6.74. The van der Waals surface area contributed by atoms with E-state index in [1.54, 1.807) is 25.3 Å². The van der Waals surface area contributed by atoms with Crippen LogP contribution in [0.4, 0.5) is 0 Å². The SMILES string of the molecule is CSc1nnc(C)c(=O)n1COC(=O)c1ccc(C)c(C)c1. The highest BCUT2D eigenvalue weighted by Crippen LogP contribution is 2.12. The number of aromatic nitrogens is 3. The first kappa shape index (κ1) is 16.2. The van der Waals surface area contributed by atoms with Crippen molar-refractivity contribution in [2.75, 3.05) is 6.26 Å². The van der Waals surface area contributed by atoms with E-state index in [1.165, 1.54) is 16.3 Å². The molecule has 0 bridgehead atoms. The van der Waals surface area contributed by atoms with Gasteiger partial charge in [-0.15, -0.1) is 10.2 Å². The van der Waals surface area contributed by atoms with Crippen molar-refractivity contribution < 1.29 is 9.53 Å². The number of esters is 1. The zero-order valence-electron chi connectivity index (χ0n) is 12.9. The average Bonchev–Trinajstić information content (AvgIpc) is 2.51. The number of hydrogen-bond acceptors (Lipinski definition) is 6. The molecule has 1 aromatic carbocycles. The number of thioether (sulfide) groups is 1. The summed E-state index contributed by atoms with van der Waals surface area (Å²) < 4.78 is 6.53. The van der Waals surface area contributed by atoms with Crippen molar-refractivity contribution in [3.63, 3.8) is 0 Å². The molecular weight excluding hydrogens is 302 g/mol.